The van der Waals surface area contributed by atoms with E-state index in [9.17, 15) is 9.50 Å². The van der Waals surface area contributed by atoms with Gasteiger partial charge in [0.05, 0.1) is 0 Å². The van der Waals surface area contributed by atoms with Crippen LogP contribution in [0, 0.1) is 5.82 Å². The monoisotopic (exact) mass is 218 g/mol. The fourth-order valence-electron chi connectivity index (χ4n) is 1.32. The van der Waals surface area contributed by atoms with Gasteiger partial charge in [-0.05, 0) is 30.3 Å². The predicted molar refractivity (Wildman–Crippen MR) is 58.8 cm³/mol. The number of hydrogen-bond donors (Lipinski definition) is 1. The number of benzene rings is 2. The topological polar surface area (TPSA) is 29.5 Å². The molecule has 2 aromatic rings. The number of hydrogen-bond acceptors (Lipinski definition) is 2. The van der Waals surface area contributed by atoms with Gasteiger partial charge in [0, 0.05) is 5.56 Å². The fourth-order valence-corrected chi connectivity index (χ4v) is 1.32. The van der Waals surface area contributed by atoms with Crippen LogP contribution in [0.5, 0.6) is 11.5 Å². The molecule has 0 fully saturated rings. The summed E-state index contributed by atoms with van der Waals surface area (Å²) in [6.07, 6.45) is 0. The highest BCUT2D eigenvalue weighted by atomic mass is 19.1. The Hall–Kier alpha value is -2.03. The quantitative estimate of drug-likeness (QED) is 0.857. The third-order valence-corrected chi connectivity index (χ3v) is 2.20. The largest absolute Gasteiger partial charge is 0.508 e. The van der Waals surface area contributed by atoms with Gasteiger partial charge >= 0.3 is 0 Å². The molecule has 0 heterocycles. The van der Waals surface area contributed by atoms with Crippen molar-refractivity contribution in [3.63, 3.8) is 0 Å². The maximum Gasteiger partial charge on any atom is 0.123 e. The molecule has 0 saturated heterocycles. The summed E-state index contributed by atoms with van der Waals surface area (Å²) in [4.78, 5) is 0. The third kappa shape index (κ3) is 2.51. The van der Waals surface area contributed by atoms with Gasteiger partial charge in [0.1, 0.15) is 23.9 Å². The summed E-state index contributed by atoms with van der Waals surface area (Å²) in [6.45, 7) is 0.262. The maximum atomic E-state index is 12.6. The summed E-state index contributed by atoms with van der Waals surface area (Å²) in [5.74, 6) is 0.476. The summed E-state index contributed by atoms with van der Waals surface area (Å²) in [5.41, 5.74) is 0.701. The lowest BCUT2D eigenvalue weighted by Gasteiger charge is -2.07. The van der Waals surface area contributed by atoms with E-state index in [2.05, 4.69) is 0 Å². The number of ether oxygens (including phenoxy) is 1. The SMILES string of the molecule is Oc1ccccc1COc1ccc(F)cc1. The maximum absolute atomic E-state index is 12.6. The molecule has 2 nitrogen and oxygen atoms in total. The van der Waals surface area contributed by atoms with Gasteiger partial charge in [-0.2, -0.15) is 0 Å². The van der Waals surface area contributed by atoms with E-state index in [0.717, 1.165) is 0 Å². The molecule has 0 aliphatic carbocycles. The smallest absolute Gasteiger partial charge is 0.123 e. The molecule has 0 atom stereocenters. The highest BCUT2D eigenvalue weighted by Crippen LogP contribution is 2.19. The van der Waals surface area contributed by atoms with Crippen molar-refractivity contribution < 1.29 is 14.2 Å². The standard InChI is InChI=1S/C13H11FO2/c14-11-5-7-12(8-6-11)16-9-10-3-1-2-4-13(10)15/h1-8,15H,9H2. The predicted octanol–water partition coefficient (Wildman–Crippen LogP) is 3.11. The molecule has 0 saturated carbocycles. The van der Waals surface area contributed by atoms with Crippen molar-refractivity contribution in [2.45, 2.75) is 6.61 Å². The van der Waals surface area contributed by atoms with Gasteiger partial charge in [0.2, 0.25) is 0 Å². The molecule has 0 spiro atoms. The molecule has 2 rings (SSSR count). The minimum Gasteiger partial charge on any atom is -0.508 e. The first-order valence-electron chi connectivity index (χ1n) is 4.91. The van der Waals surface area contributed by atoms with Crippen LogP contribution in [0.3, 0.4) is 0 Å². The van der Waals surface area contributed by atoms with Gasteiger partial charge < -0.3 is 9.84 Å². The zero-order chi connectivity index (χ0) is 11.4. The number of halogens is 1. The lowest BCUT2D eigenvalue weighted by atomic mass is 10.2. The summed E-state index contributed by atoms with van der Waals surface area (Å²) >= 11 is 0. The van der Waals surface area contributed by atoms with Gasteiger partial charge in [-0.25, -0.2) is 4.39 Å². The van der Waals surface area contributed by atoms with Crippen LogP contribution in [-0.2, 0) is 6.61 Å². The Labute approximate surface area is 92.9 Å². The third-order valence-electron chi connectivity index (χ3n) is 2.20. The van der Waals surface area contributed by atoms with Crippen LogP contribution in [-0.4, -0.2) is 5.11 Å². The molecular formula is C13H11FO2. The molecule has 1 N–H and O–H groups in total. The van der Waals surface area contributed by atoms with E-state index < -0.39 is 0 Å². The van der Waals surface area contributed by atoms with Gasteiger partial charge in [0.15, 0.2) is 0 Å². The number of rotatable bonds is 3. The average Bonchev–Trinajstić information content (AvgIpc) is 2.30. The van der Waals surface area contributed by atoms with E-state index in [-0.39, 0.29) is 18.2 Å². The van der Waals surface area contributed by atoms with Crippen LogP contribution in [0.2, 0.25) is 0 Å². The molecule has 16 heavy (non-hydrogen) atoms. The first kappa shape index (κ1) is 10.5. The average molecular weight is 218 g/mol. The van der Waals surface area contributed by atoms with Crippen LogP contribution in [0.25, 0.3) is 0 Å². The summed E-state index contributed by atoms with van der Waals surface area (Å²) in [6, 6.07) is 12.7. The lowest BCUT2D eigenvalue weighted by molar-refractivity contribution is 0.298. The van der Waals surface area contributed by atoms with Crippen LogP contribution >= 0.6 is 0 Å². The fraction of sp³-hybridized carbons (Fsp3) is 0.0769. The van der Waals surface area contributed by atoms with Crippen LogP contribution < -0.4 is 4.74 Å². The second-order valence-corrected chi connectivity index (χ2v) is 3.37. The Morgan fingerprint density at radius 3 is 2.38 bits per heavy atom. The molecule has 82 valence electrons. The normalized spacial score (nSPS) is 10.1. The van der Waals surface area contributed by atoms with E-state index >= 15 is 0 Å². The number of aromatic hydroxyl groups is 1. The Kier molecular flexibility index (Phi) is 3.05. The van der Waals surface area contributed by atoms with Crippen LogP contribution in [0.1, 0.15) is 5.56 Å². The van der Waals surface area contributed by atoms with Crippen LogP contribution in [0.4, 0.5) is 4.39 Å². The van der Waals surface area contributed by atoms with Gasteiger partial charge in [-0.3, -0.25) is 0 Å². The Morgan fingerprint density at radius 1 is 1.00 bits per heavy atom. The number of phenolic OH excluding ortho intramolecular Hbond substituents is 1. The second kappa shape index (κ2) is 4.66. The van der Waals surface area contributed by atoms with E-state index in [1.54, 1.807) is 30.3 Å². The molecule has 2 aromatic carbocycles. The molecule has 0 aliphatic rings. The van der Waals surface area contributed by atoms with Crippen molar-refractivity contribution in [1.82, 2.24) is 0 Å². The first-order valence-corrected chi connectivity index (χ1v) is 4.91. The molecule has 0 unspecified atom stereocenters. The van der Waals surface area contributed by atoms with E-state index in [4.69, 9.17) is 4.74 Å². The molecular weight excluding hydrogens is 207 g/mol. The van der Waals surface area contributed by atoms with Crippen LogP contribution in [0.15, 0.2) is 48.5 Å². The molecule has 0 aliphatic heterocycles. The second-order valence-electron chi connectivity index (χ2n) is 3.37. The Morgan fingerprint density at radius 2 is 1.69 bits per heavy atom. The summed E-state index contributed by atoms with van der Waals surface area (Å²) in [7, 11) is 0. The van der Waals surface area contributed by atoms with Crippen molar-refractivity contribution in [2.24, 2.45) is 0 Å². The van der Waals surface area contributed by atoms with E-state index in [1.165, 1.54) is 12.1 Å². The van der Waals surface area contributed by atoms with Crippen molar-refractivity contribution in [2.75, 3.05) is 0 Å². The van der Waals surface area contributed by atoms with Crippen molar-refractivity contribution in [3.8, 4) is 11.5 Å². The van der Waals surface area contributed by atoms with Gasteiger partial charge in [-0.15, -0.1) is 0 Å². The first-order chi connectivity index (χ1) is 7.75. The Balaban J connectivity index is 2.02. The molecule has 3 heteroatoms. The zero-order valence-electron chi connectivity index (χ0n) is 8.56. The molecule has 0 radical (unpaired) electrons. The van der Waals surface area contributed by atoms with Gasteiger partial charge in [-0.1, -0.05) is 18.2 Å². The highest BCUT2D eigenvalue weighted by molar-refractivity contribution is 5.32. The lowest BCUT2D eigenvalue weighted by Crippen LogP contribution is -1.95. The number of phenols is 1. The van der Waals surface area contributed by atoms with E-state index in [0.29, 0.717) is 11.3 Å². The minimum atomic E-state index is -0.296. The van der Waals surface area contributed by atoms with Crippen molar-refractivity contribution >= 4 is 0 Å². The Bertz CT molecular complexity index is 466. The summed E-state index contributed by atoms with van der Waals surface area (Å²) < 4.78 is 18.0. The molecule has 0 aromatic heterocycles. The molecule has 0 bridgehead atoms. The highest BCUT2D eigenvalue weighted by Gasteiger charge is 2.00. The van der Waals surface area contributed by atoms with Crippen molar-refractivity contribution in [3.05, 3.63) is 59.9 Å². The minimum absolute atomic E-state index is 0.199. The number of para-hydroxylation sites is 1. The van der Waals surface area contributed by atoms with E-state index in [1.807, 2.05) is 6.07 Å². The summed E-state index contributed by atoms with van der Waals surface area (Å²) in [5, 5.41) is 9.49. The molecule has 0 amide bonds. The van der Waals surface area contributed by atoms with Crippen molar-refractivity contribution in [1.29, 1.82) is 0 Å². The zero-order valence-corrected chi connectivity index (χ0v) is 8.56. The van der Waals surface area contributed by atoms with Gasteiger partial charge in [0.25, 0.3) is 0 Å².